The van der Waals surface area contributed by atoms with Crippen molar-refractivity contribution in [3.05, 3.63) is 100 Å². The summed E-state index contributed by atoms with van der Waals surface area (Å²) in [5, 5.41) is 4.32. The molecule has 0 bridgehead atoms. The molecule has 0 amide bonds. The summed E-state index contributed by atoms with van der Waals surface area (Å²) >= 11 is 0. The molecule has 2 heterocycles. The minimum Gasteiger partial charge on any atom is -0.494 e. The predicted octanol–water partition coefficient (Wildman–Crippen LogP) is 4.26. The van der Waals surface area contributed by atoms with Crippen LogP contribution in [-0.2, 0) is 11.3 Å². The molecular formula is C30H34N4O3. The van der Waals surface area contributed by atoms with Crippen molar-refractivity contribution in [3.8, 4) is 11.4 Å². The molecule has 5 rings (SSSR count). The van der Waals surface area contributed by atoms with E-state index in [0.717, 1.165) is 44.3 Å². The topological polar surface area (TPSA) is 68.6 Å². The number of para-hydroxylation sites is 1. The molecule has 4 aromatic rings. The molecule has 1 N–H and O–H groups in total. The van der Waals surface area contributed by atoms with Crippen LogP contribution in [0.1, 0.15) is 29.9 Å². The van der Waals surface area contributed by atoms with Gasteiger partial charge in [0.1, 0.15) is 11.6 Å². The van der Waals surface area contributed by atoms with E-state index in [1.807, 2.05) is 55.5 Å². The lowest BCUT2D eigenvalue weighted by molar-refractivity contribution is 0.0333. The van der Waals surface area contributed by atoms with E-state index in [1.54, 1.807) is 4.57 Å². The highest BCUT2D eigenvalue weighted by Crippen LogP contribution is 2.20. The van der Waals surface area contributed by atoms with Crippen LogP contribution < -0.4 is 15.6 Å². The predicted molar refractivity (Wildman–Crippen MR) is 147 cm³/mol. The number of benzene rings is 3. The normalized spacial score (nSPS) is 15.1. The van der Waals surface area contributed by atoms with Crippen LogP contribution in [-0.4, -0.2) is 53.9 Å². The summed E-state index contributed by atoms with van der Waals surface area (Å²) < 4.78 is 12.9. The van der Waals surface area contributed by atoms with Gasteiger partial charge in [0.05, 0.1) is 43.0 Å². The number of aryl methyl sites for hydroxylation is 1. The Balaban J connectivity index is 1.49. The zero-order valence-electron chi connectivity index (χ0n) is 21.5. The Morgan fingerprint density at radius 2 is 1.73 bits per heavy atom. The summed E-state index contributed by atoms with van der Waals surface area (Å²) in [7, 11) is 0. The molecule has 1 aliphatic heterocycles. The fourth-order valence-corrected chi connectivity index (χ4v) is 4.76. The van der Waals surface area contributed by atoms with Crippen LogP contribution in [0.15, 0.2) is 77.6 Å². The number of hydrogen-bond acceptors (Lipinski definition) is 6. The minimum absolute atomic E-state index is 0.0772. The quantitative estimate of drug-likeness (QED) is 0.372. The van der Waals surface area contributed by atoms with E-state index in [9.17, 15) is 4.79 Å². The van der Waals surface area contributed by atoms with Crippen molar-refractivity contribution in [3.63, 3.8) is 0 Å². The van der Waals surface area contributed by atoms with Crippen molar-refractivity contribution < 1.29 is 9.47 Å². The van der Waals surface area contributed by atoms with Crippen LogP contribution in [0.25, 0.3) is 16.6 Å². The maximum Gasteiger partial charge on any atom is 0.266 e. The van der Waals surface area contributed by atoms with Crippen LogP contribution >= 0.6 is 0 Å². The number of hydrogen-bond donors (Lipinski definition) is 1. The maximum atomic E-state index is 13.7. The minimum atomic E-state index is -0.0772. The van der Waals surface area contributed by atoms with E-state index in [4.69, 9.17) is 14.5 Å². The summed E-state index contributed by atoms with van der Waals surface area (Å²) in [4.78, 5) is 21.0. The summed E-state index contributed by atoms with van der Waals surface area (Å²) in [6.45, 7) is 9.27. The number of nitrogens with one attached hydrogen (secondary N) is 1. The van der Waals surface area contributed by atoms with Gasteiger partial charge < -0.3 is 14.8 Å². The molecule has 1 unspecified atom stereocenters. The van der Waals surface area contributed by atoms with E-state index in [2.05, 4.69) is 41.4 Å². The monoisotopic (exact) mass is 498 g/mol. The van der Waals surface area contributed by atoms with Crippen LogP contribution in [0.3, 0.4) is 0 Å². The Morgan fingerprint density at radius 3 is 2.46 bits per heavy atom. The first-order valence-electron chi connectivity index (χ1n) is 13.0. The van der Waals surface area contributed by atoms with E-state index in [0.29, 0.717) is 29.9 Å². The molecule has 7 nitrogen and oxygen atoms in total. The fourth-order valence-electron chi connectivity index (χ4n) is 4.76. The molecule has 1 atom stereocenters. The van der Waals surface area contributed by atoms with Gasteiger partial charge in [-0.05, 0) is 55.8 Å². The molecule has 7 heteroatoms. The third-order valence-electron chi connectivity index (χ3n) is 6.78. The van der Waals surface area contributed by atoms with Crippen LogP contribution in [0, 0.1) is 6.92 Å². The maximum absolute atomic E-state index is 13.7. The third kappa shape index (κ3) is 5.91. The second-order valence-electron chi connectivity index (χ2n) is 9.37. The Labute approximate surface area is 217 Å². The lowest BCUT2D eigenvalue weighted by Crippen LogP contribution is -2.42. The standard InChI is InChI=1S/C30H34N4O3/c1-3-37-25-14-12-24(13-15-25)34-29(32-27-7-5-4-6-26(27)30(34)35)20-31-28(21-33-16-18-36-19-17-33)23-10-8-22(2)9-11-23/h4-15,28,31H,3,16-21H2,1-2H3. The van der Waals surface area contributed by atoms with Gasteiger partial charge in [-0.1, -0.05) is 42.0 Å². The molecule has 0 spiro atoms. The van der Waals surface area contributed by atoms with E-state index in [-0.39, 0.29) is 11.6 Å². The smallest absolute Gasteiger partial charge is 0.266 e. The molecule has 192 valence electrons. The van der Waals surface area contributed by atoms with Crippen LogP contribution in [0.4, 0.5) is 0 Å². The van der Waals surface area contributed by atoms with E-state index >= 15 is 0 Å². The van der Waals surface area contributed by atoms with Crippen molar-refractivity contribution in [2.75, 3.05) is 39.5 Å². The third-order valence-corrected chi connectivity index (χ3v) is 6.78. The van der Waals surface area contributed by atoms with Gasteiger partial charge >= 0.3 is 0 Å². The first-order chi connectivity index (χ1) is 18.1. The van der Waals surface area contributed by atoms with Crippen molar-refractivity contribution in [2.24, 2.45) is 0 Å². The highest BCUT2D eigenvalue weighted by atomic mass is 16.5. The molecule has 1 saturated heterocycles. The van der Waals surface area contributed by atoms with Crippen molar-refractivity contribution >= 4 is 10.9 Å². The largest absolute Gasteiger partial charge is 0.494 e. The number of rotatable bonds is 9. The summed E-state index contributed by atoms with van der Waals surface area (Å²) in [5.74, 6) is 1.45. The Morgan fingerprint density at radius 1 is 1.00 bits per heavy atom. The fraction of sp³-hybridized carbons (Fsp3) is 0.333. The molecule has 1 fully saturated rings. The average molecular weight is 499 g/mol. The summed E-state index contributed by atoms with van der Waals surface area (Å²) in [5.41, 5.74) is 3.84. The molecular weight excluding hydrogens is 464 g/mol. The highest BCUT2D eigenvalue weighted by Gasteiger charge is 2.20. The number of nitrogens with zero attached hydrogens (tertiary/aromatic N) is 3. The second kappa shape index (κ2) is 11.7. The van der Waals surface area contributed by atoms with Crippen LogP contribution in [0.5, 0.6) is 5.75 Å². The second-order valence-corrected chi connectivity index (χ2v) is 9.37. The molecule has 1 aliphatic rings. The Hall–Kier alpha value is -3.52. The SMILES string of the molecule is CCOc1ccc(-n2c(CNC(CN3CCOCC3)c3ccc(C)cc3)nc3ccccc3c2=O)cc1. The van der Waals surface area contributed by atoms with Crippen molar-refractivity contribution in [1.29, 1.82) is 0 Å². The van der Waals surface area contributed by atoms with Gasteiger partial charge in [-0.25, -0.2) is 4.98 Å². The van der Waals surface area contributed by atoms with E-state index < -0.39 is 0 Å². The Bertz CT molecular complexity index is 1380. The molecule has 1 aromatic heterocycles. The number of ether oxygens (including phenoxy) is 2. The summed E-state index contributed by atoms with van der Waals surface area (Å²) in [6, 6.07) is 23.9. The first kappa shape index (κ1) is 25.1. The van der Waals surface area contributed by atoms with Gasteiger partial charge in [0, 0.05) is 25.7 Å². The zero-order chi connectivity index (χ0) is 25.6. The zero-order valence-corrected chi connectivity index (χ0v) is 21.5. The van der Waals surface area contributed by atoms with Gasteiger partial charge in [-0.15, -0.1) is 0 Å². The number of aromatic nitrogens is 2. The van der Waals surface area contributed by atoms with Crippen molar-refractivity contribution in [2.45, 2.75) is 26.4 Å². The average Bonchev–Trinajstić information content (AvgIpc) is 2.93. The van der Waals surface area contributed by atoms with Gasteiger partial charge in [0.15, 0.2) is 0 Å². The van der Waals surface area contributed by atoms with Gasteiger partial charge in [0.25, 0.3) is 5.56 Å². The lowest BCUT2D eigenvalue weighted by atomic mass is 10.0. The van der Waals surface area contributed by atoms with E-state index in [1.165, 1.54) is 11.1 Å². The first-order valence-corrected chi connectivity index (χ1v) is 13.0. The highest BCUT2D eigenvalue weighted by molar-refractivity contribution is 5.77. The molecule has 37 heavy (non-hydrogen) atoms. The number of fused-ring (bicyclic) bond motifs is 1. The van der Waals surface area contributed by atoms with Gasteiger partial charge in [-0.3, -0.25) is 14.3 Å². The molecule has 0 radical (unpaired) electrons. The molecule has 0 aliphatic carbocycles. The van der Waals surface area contributed by atoms with Gasteiger partial charge in [-0.2, -0.15) is 0 Å². The molecule has 3 aromatic carbocycles. The van der Waals surface area contributed by atoms with Gasteiger partial charge in [0.2, 0.25) is 0 Å². The molecule has 0 saturated carbocycles. The van der Waals surface area contributed by atoms with Crippen LogP contribution in [0.2, 0.25) is 0 Å². The lowest BCUT2D eigenvalue weighted by Gasteiger charge is -2.31. The Kier molecular flexibility index (Phi) is 7.94. The number of morpholine rings is 1. The van der Waals surface area contributed by atoms with Crippen molar-refractivity contribution in [1.82, 2.24) is 19.8 Å². The summed E-state index contributed by atoms with van der Waals surface area (Å²) in [6.07, 6.45) is 0.